The van der Waals surface area contributed by atoms with Crippen molar-refractivity contribution in [2.45, 2.75) is 69.9 Å². The van der Waals surface area contributed by atoms with Crippen LogP contribution >= 0.6 is 12.4 Å². The zero-order valence-electron chi connectivity index (χ0n) is 15.0. The maximum atomic E-state index is 12.7. The zero-order chi connectivity index (χ0) is 16.7. The van der Waals surface area contributed by atoms with Crippen LogP contribution in [-0.2, 0) is 9.59 Å². The molecule has 0 radical (unpaired) electrons. The summed E-state index contributed by atoms with van der Waals surface area (Å²) in [4.78, 5) is 26.8. The van der Waals surface area contributed by atoms with E-state index >= 15 is 0 Å². The normalized spacial score (nSPS) is 35.6. The summed E-state index contributed by atoms with van der Waals surface area (Å²) in [5, 5.41) is 3.28. The number of hydrogen-bond acceptors (Lipinski definition) is 3. The molecule has 3 aliphatic carbocycles. The largest absolute Gasteiger partial charge is 0.353 e. The first-order valence-electron chi connectivity index (χ1n) is 9.96. The van der Waals surface area contributed by atoms with E-state index in [0.717, 1.165) is 51.6 Å². The van der Waals surface area contributed by atoms with Crippen molar-refractivity contribution in [1.82, 2.24) is 10.2 Å². The van der Waals surface area contributed by atoms with E-state index in [0.29, 0.717) is 29.7 Å². The molecule has 0 aromatic rings. The molecule has 2 bridgehead atoms. The number of piperidine rings is 1. The highest BCUT2D eigenvalue weighted by molar-refractivity contribution is 5.85. The second kappa shape index (κ2) is 7.83. The van der Waals surface area contributed by atoms with Crippen molar-refractivity contribution in [3.05, 3.63) is 0 Å². The Kier molecular flexibility index (Phi) is 5.94. The average Bonchev–Trinajstić information content (AvgIpc) is 3.39. The highest BCUT2D eigenvalue weighted by atomic mass is 35.5. The Labute approximate surface area is 156 Å². The van der Waals surface area contributed by atoms with Crippen LogP contribution in [0.4, 0.5) is 0 Å². The molecule has 0 aromatic heterocycles. The van der Waals surface area contributed by atoms with Crippen molar-refractivity contribution < 1.29 is 9.59 Å². The van der Waals surface area contributed by atoms with Gasteiger partial charge in [0.2, 0.25) is 11.8 Å². The molecule has 2 unspecified atom stereocenters. The lowest BCUT2D eigenvalue weighted by atomic mass is 9.65. The highest BCUT2D eigenvalue weighted by Crippen LogP contribution is 2.42. The third-order valence-corrected chi connectivity index (χ3v) is 6.86. The zero-order valence-corrected chi connectivity index (χ0v) is 15.8. The number of nitrogens with one attached hydrogen (secondary N) is 1. The predicted octanol–water partition coefficient (Wildman–Crippen LogP) is 2.08. The van der Waals surface area contributed by atoms with Gasteiger partial charge in [-0.3, -0.25) is 9.59 Å². The first kappa shape index (κ1) is 19.0. The number of rotatable bonds is 3. The van der Waals surface area contributed by atoms with Crippen molar-refractivity contribution in [2.75, 3.05) is 13.1 Å². The summed E-state index contributed by atoms with van der Waals surface area (Å²) in [6, 6.07) is 0.565. The van der Waals surface area contributed by atoms with Gasteiger partial charge in [-0.25, -0.2) is 0 Å². The van der Waals surface area contributed by atoms with Crippen LogP contribution in [0.1, 0.15) is 57.8 Å². The van der Waals surface area contributed by atoms with E-state index in [1.54, 1.807) is 0 Å². The van der Waals surface area contributed by atoms with E-state index in [9.17, 15) is 9.59 Å². The Morgan fingerprint density at radius 1 is 0.880 bits per heavy atom. The fraction of sp³-hybridized carbons (Fsp3) is 0.895. The van der Waals surface area contributed by atoms with Crippen molar-refractivity contribution in [2.24, 2.45) is 29.4 Å². The third-order valence-electron chi connectivity index (χ3n) is 6.86. The molecule has 1 saturated heterocycles. The molecule has 3 saturated carbocycles. The maximum Gasteiger partial charge on any atom is 0.225 e. The second-order valence-electron chi connectivity index (χ2n) is 8.58. The molecule has 1 heterocycles. The SMILES string of the molecule is Cl.NC1C2CCCC1CC(C(=O)NC1CCN(C(=O)C3CC3)CC1)C2. The molecule has 0 spiro atoms. The van der Waals surface area contributed by atoms with Crippen LogP contribution in [0.3, 0.4) is 0 Å². The molecule has 4 fully saturated rings. The monoisotopic (exact) mass is 369 g/mol. The Bertz CT molecular complexity index is 489. The van der Waals surface area contributed by atoms with Gasteiger partial charge < -0.3 is 16.0 Å². The summed E-state index contributed by atoms with van der Waals surface area (Å²) in [6.07, 6.45) is 9.58. The van der Waals surface area contributed by atoms with Crippen LogP contribution in [0.25, 0.3) is 0 Å². The lowest BCUT2D eigenvalue weighted by Crippen LogP contribution is -2.52. The number of nitrogens with zero attached hydrogens (tertiary/aromatic N) is 1. The average molecular weight is 370 g/mol. The summed E-state index contributed by atoms with van der Waals surface area (Å²) in [5.41, 5.74) is 6.33. The van der Waals surface area contributed by atoms with E-state index in [4.69, 9.17) is 5.73 Å². The van der Waals surface area contributed by atoms with Crippen molar-refractivity contribution in [3.63, 3.8) is 0 Å². The van der Waals surface area contributed by atoms with E-state index in [-0.39, 0.29) is 30.3 Å². The Morgan fingerprint density at radius 2 is 1.48 bits per heavy atom. The van der Waals surface area contributed by atoms with Gasteiger partial charge in [0, 0.05) is 37.0 Å². The molecule has 3 N–H and O–H groups in total. The first-order valence-corrected chi connectivity index (χ1v) is 9.96. The fourth-order valence-corrected chi connectivity index (χ4v) is 5.15. The van der Waals surface area contributed by atoms with Gasteiger partial charge in [-0.1, -0.05) is 6.42 Å². The van der Waals surface area contributed by atoms with E-state index < -0.39 is 0 Å². The highest BCUT2D eigenvalue weighted by Gasteiger charge is 2.41. The molecule has 4 aliphatic rings. The Balaban J connectivity index is 0.00000182. The van der Waals surface area contributed by atoms with Gasteiger partial charge in [0.1, 0.15) is 0 Å². The predicted molar refractivity (Wildman–Crippen MR) is 99.2 cm³/mol. The Morgan fingerprint density at radius 3 is 2.04 bits per heavy atom. The number of likely N-dealkylation sites (tertiary alicyclic amines) is 1. The Hall–Kier alpha value is -0.810. The number of amides is 2. The quantitative estimate of drug-likeness (QED) is 0.799. The topological polar surface area (TPSA) is 75.4 Å². The van der Waals surface area contributed by atoms with Gasteiger partial charge in [0.15, 0.2) is 0 Å². The molecule has 6 heteroatoms. The molecule has 2 amide bonds. The molecular formula is C19H32ClN3O2. The molecule has 142 valence electrons. The minimum absolute atomic E-state index is 0. The van der Waals surface area contributed by atoms with Crippen molar-refractivity contribution >= 4 is 24.2 Å². The molecule has 1 aliphatic heterocycles. The van der Waals surface area contributed by atoms with Gasteiger partial charge in [-0.05, 0) is 63.2 Å². The summed E-state index contributed by atoms with van der Waals surface area (Å²) >= 11 is 0. The van der Waals surface area contributed by atoms with Gasteiger partial charge >= 0.3 is 0 Å². The number of fused-ring (bicyclic) bond motifs is 2. The lowest BCUT2D eigenvalue weighted by Gasteiger charge is -2.44. The second-order valence-corrected chi connectivity index (χ2v) is 8.58. The van der Waals surface area contributed by atoms with Crippen LogP contribution < -0.4 is 11.1 Å². The van der Waals surface area contributed by atoms with Gasteiger partial charge in [0.05, 0.1) is 0 Å². The third kappa shape index (κ3) is 4.13. The minimum atomic E-state index is 0. The van der Waals surface area contributed by atoms with Gasteiger partial charge in [0.25, 0.3) is 0 Å². The van der Waals surface area contributed by atoms with Crippen molar-refractivity contribution in [1.29, 1.82) is 0 Å². The molecular weight excluding hydrogens is 338 g/mol. The summed E-state index contributed by atoms with van der Waals surface area (Å²) < 4.78 is 0. The number of nitrogens with two attached hydrogens (primary N) is 1. The maximum absolute atomic E-state index is 12.7. The van der Waals surface area contributed by atoms with E-state index in [1.165, 1.54) is 19.3 Å². The van der Waals surface area contributed by atoms with Crippen molar-refractivity contribution in [3.8, 4) is 0 Å². The van der Waals surface area contributed by atoms with Gasteiger partial charge in [-0.2, -0.15) is 0 Å². The first-order chi connectivity index (χ1) is 11.6. The number of carbonyl (C=O) groups is 2. The summed E-state index contributed by atoms with van der Waals surface area (Å²) in [7, 11) is 0. The van der Waals surface area contributed by atoms with Gasteiger partial charge in [-0.15, -0.1) is 12.4 Å². The molecule has 25 heavy (non-hydrogen) atoms. The molecule has 4 rings (SSSR count). The van der Waals surface area contributed by atoms with Crippen LogP contribution in [0.2, 0.25) is 0 Å². The van der Waals surface area contributed by atoms with Crippen LogP contribution in [0, 0.1) is 23.7 Å². The number of hydrogen-bond donors (Lipinski definition) is 2. The minimum Gasteiger partial charge on any atom is -0.353 e. The molecule has 5 nitrogen and oxygen atoms in total. The van der Waals surface area contributed by atoms with Crippen LogP contribution in [-0.4, -0.2) is 41.9 Å². The summed E-state index contributed by atoms with van der Waals surface area (Å²) in [5.74, 6) is 2.14. The number of carbonyl (C=O) groups excluding carboxylic acids is 2. The standard InChI is InChI=1S/C19H31N3O2.ClH/c20-17-13-2-1-3-14(17)11-15(10-13)18(23)21-16-6-8-22(9-7-16)19(24)12-4-5-12;/h12-17H,1-11,20H2,(H,21,23);1H. The fourth-order valence-electron chi connectivity index (χ4n) is 5.15. The summed E-state index contributed by atoms with van der Waals surface area (Å²) in [6.45, 7) is 1.61. The smallest absolute Gasteiger partial charge is 0.225 e. The number of halogens is 1. The lowest BCUT2D eigenvalue weighted by molar-refractivity contribution is -0.134. The molecule has 2 atom stereocenters. The molecule has 0 aromatic carbocycles. The van der Waals surface area contributed by atoms with E-state index in [2.05, 4.69) is 5.32 Å². The van der Waals surface area contributed by atoms with E-state index in [1.807, 2.05) is 4.90 Å². The van der Waals surface area contributed by atoms with Crippen LogP contribution in [0.15, 0.2) is 0 Å². The van der Waals surface area contributed by atoms with Crippen LogP contribution in [0.5, 0.6) is 0 Å².